The Morgan fingerprint density at radius 3 is 2.63 bits per heavy atom. The van der Waals surface area contributed by atoms with Gasteiger partial charge in [0.2, 0.25) is 4.96 Å². The van der Waals surface area contributed by atoms with E-state index in [2.05, 4.69) is 15.5 Å². The number of nitrogens with zero attached hydrogens (tertiary/aromatic N) is 3. The van der Waals surface area contributed by atoms with Gasteiger partial charge in [-0.25, -0.2) is 4.79 Å². The van der Waals surface area contributed by atoms with E-state index in [1.165, 1.54) is 0 Å². The highest BCUT2D eigenvalue weighted by Crippen LogP contribution is 2.22. The van der Waals surface area contributed by atoms with Gasteiger partial charge in [0, 0.05) is 5.69 Å². The largest absolute Gasteiger partial charge is 0.480 e. The van der Waals surface area contributed by atoms with Gasteiger partial charge in [-0.3, -0.25) is 9.20 Å². The fourth-order valence-corrected chi connectivity index (χ4v) is 2.70. The number of carbonyl (C=O) groups excluding carboxylic acids is 1. The zero-order chi connectivity index (χ0) is 14.2. The normalized spacial score (nSPS) is 12.6. The molecule has 0 saturated heterocycles. The molecule has 19 heavy (non-hydrogen) atoms. The number of rotatable bonds is 4. The van der Waals surface area contributed by atoms with Crippen LogP contribution in [0.4, 0.5) is 0 Å². The molecule has 0 aliphatic rings. The van der Waals surface area contributed by atoms with Crippen LogP contribution in [-0.4, -0.2) is 49.3 Å². The molecule has 0 aliphatic carbocycles. The van der Waals surface area contributed by atoms with Gasteiger partial charge in [-0.05, 0) is 13.8 Å². The lowest BCUT2D eigenvalue weighted by Crippen LogP contribution is -2.43. The summed E-state index contributed by atoms with van der Waals surface area (Å²) in [5.74, 6) is -1.18. The second-order valence-electron chi connectivity index (χ2n) is 3.93. The van der Waals surface area contributed by atoms with Crippen molar-refractivity contribution in [2.24, 2.45) is 0 Å². The number of nitrogens with one attached hydrogen (secondary N) is 1. The van der Waals surface area contributed by atoms with E-state index in [9.17, 15) is 9.59 Å². The molecule has 2 rings (SSSR count). The van der Waals surface area contributed by atoms with Gasteiger partial charge in [-0.1, -0.05) is 11.3 Å². The Hall–Kier alpha value is -2.00. The zero-order valence-electron chi connectivity index (χ0n) is 10.2. The van der Waals surface area contributed by atoms with Gasteiger partial charge in [-0.15, -0.1) is 10.2 Å². The second kappa shape index (κ2) is 4.94. The number of fused-ring (bicyclic) bond motifs is 1. The number of aliphatic hydroxyl groups is 1. The van der Waals surface area contributed by atoms with Crippen molar-refractivity contribution in [2.75, 3.05) is 6.61 Å². The molecule has 2 aromatic rings. The van der Waals surface area contributed by atoms with Crippen LogP contribution in [0.15, 0.2) is 0 Å². The number of aromatic nitrogens is 3. The van der Waals surface area contributed by atoms with E-state index in [0.29, 0.717) is 21.4 Å². The molecule has 8 nitrogen and oxygen atoms in total. The van der Waals surface area contributed by atoms with Crippen LogP contribution in [0, 0.1) is 13.8 Å². The molecule has 0 radical (unpaired) electrons. The molecule has 1 unspecified atom stereocenters. The van der Waals surface area contributed by atoms with Gasteiger partial charge < -0.3 is 15.5 Å². The number of aryl methyl sites for hydroxylation is 2. The summed E-state index contributed by atoms with van der Waals surface area (Å²) in [6, 6.07) is -1.32. The predicted octanol–water partition coefficient (Wildman–Crippen LogP) is -0.417. The number of carboxylic acids is 1. The lowest BCUT2D eigenvalue weighted by Gasteiger charge is -2.10. The molecule has 1 amide bonds. The Bertz CT molecular complexity index is 647. The Labute approximate surface area is 111 Å². The van der Waals surface area contributed by atoms with Crippen molar-refractivity contribution in [3.8, 4) is 0 Å². The first kappa shape index (κ1) is 13.4. The maximum atomic E-state index is 12.0. The van der Waals surface area contributed by atoms with Crippen LogP contribution >= 0.6 is 11.3 Å². The number of hydrogen-bond donors (Lipinski definition) is 3. The van der Waals surface area contributed by atoms with E-state index in [1.54, 1.807) is 18.2 Å². The third-order valence-electron chi connectivity index (χ3n) is 2.64. The number of thiazole rings is 1. The smallest absolute Gasteiger partial charge is 0.328 e. The minimum Gasteiger partial charge on any atom is -0.480 e. The number of carboxylic acid groups (broad SMARTS) is 1. The monoisotopic (exact) mass is 284 g/mol. The number of aliphatic carboxylic acids is 1. The van der Waals surface area contributed by atoms with Crippen LogP contribution < -0.4 is 5.32 Å². The highest BCUT2D eigenvalue weighted by atomic mass is 32.1. The second-order valence-corrected chi connectivity index (χ2v) is 4.91. The van der Waals surface area contributed by atoms with Gasteiger partial charge in [0.05, 0.1) is 6.61 Å². The van der Waals surface area contributed by atoms with E-state index >= 15 is 0 Å². The maximum Gasteiger partial charge on any atom is 0.328 e. The van der Waals surface area contributed by atoms with Crippen molar-refractivity contribution in [1.29, 1.82) is 0 Å². The van der Waals surface area contributed by atoms with E-state index in [0.717, 1.165) is 11.3 Å². The first-order valence-electron chi connectivity index (χ1n) is 5.41. The minimum absolute atomic E-state index is 0.354. The fraction of sp³-hybridized carbons (Fsp3) is 0.400. The summed E-state index contributed by atoms with van der Waals surface area (Å²) in [4.78, 5) is 23.7. The first-order chi connectivity index (χ1) is 8.95. The molecule has 0 aromatic carbocycles. The maximum absolute atomic E-state index is 12.0. The molecule has 3 N–H and O–H groups in total. The standard InChI is InChI=1S/C10H12N4O4S/c1-4-7(8(16)11-6(3-15)9(17)18)19-10-13-12-5(2)14(4)10/h6,15H,3H2,1-2H3,(H,11,16)(H,17,18). The predicted molar refractivity (Wildman–Crippen MR) is 66.3 cm³/mol. The van der Waals surface area contributed by atoms with Crippen LogP contribution in [0.3, 0.4) is 0 Å². The Balaban J connectivity index is 2.31. The fourth-order valence-electron chi connectivity index (χ4n) is 1.68. The van der Waals surface area contributed by atoms with E-state index in [-0.39, 0.29) is 0 Å². The Morgan fingerprint density at radius 1 is 1.42 bits per heavy atom. The molecule has 0 fully saturated rings. The third kappa shape index (κ3) is 2.29. The number of hydrogen-bond acceptors (Lipinski definition) is 6. The van der Waals surface area contributed by atoms with E-state index in [4.69, 9.17) is 10.2 Å². The summed E-state index contributed by atoms with van der Waals surface area (Å²) >= 11 is 1.12. The zero-order valence-corrected chi connectivity index (χ0v) is 11.1. The van der Waals surface area contributed by atoms with Gasteiger partial charge in [0.1, 0.15) is 10.7 Å². The Morgan fingerprint density at radius 2 is 2.11 bits per heavy atom. The molecule has 102 valence electrons. The molecule has 2 heterocycles. The summed E-state index contributed by atoms with van der Waals surface area (Å²) in [6.07, 6.45) is 0. The SMILES string of the molecule is Cc1nnc2sc(C(=O)NC(CO)C(=O)O)c(C)n12. The van der Waals surface area contributed by atoms with Crippen LogP contribution in [0.25, 0.3) is 4.96 Å². The number of amides is 1. The van der Waals surface area contributed by atoms with Gasteiger partial charge in [0.15, 0.2) is 6.04 Å². The summed E-state index contributed by atoms with van der Waals surface area (Å²) < 4.78 is 1.72. The van der Waals surface area contributed by atoms with Crippen LogP contribution in [-0.2, 0) is 4.79 Å². The van der Waals surface area contributed by atoms with Crippen molar-refractivity contribution >= 4 is 28.2 Å². The third-order valence-corrected chi connectivity index (χ3v) is 3.78. The summed E-state index contributed by atoms with van der Waals surface area (Å²) in [5.41, 5.74) is 0.641. The molecule has 0 bridgehead atoms. The minimum atomic E-state index is -1.32. The number of carbonyl (C=O) groups is 2. The first-order valence-corrected chi connectivity index (χ1v) is 6.23. The molecule has 2 aromatic heterocycles. The highest BCUT2D eigenvalue weighted by Gasteiger charge is 2.23. The van der Waals surface area contributed by atoms with Crippen LogP contribution in [0.2, 0.25) is 0 Å². The highest BCUT2D eigenvalue weighted by molar-refractivity contribution is 7.19. The molecule has 9 heteroatoms. The lowest BCUT2D eigenvalue weighted by atomic mass is 10.3. The van der Waals surface area contributed by atoms with Gasteiger partial charge in [0.25, 0.3) is 5.91 Å². The van der Waals surface area contributed by atoms with Crippen molar-refractivity contribution in [1.82, 2.24) is 19.9 Å². The van der Waals surface area contributed by atoms with Crippen LogP contribution in [0.5, 0.6) is 0 Å². The van der Waals surface area contributed by atoms with E-state index in [1.807, 2.05) is 0 Å². The molecule has 0 saturated carbocycles. The lowest BCUT2D eigenvalue weighted by molar-refractivity contribution is -0.140. The summed E-state index contributed by atoms with van der Waals surface area (Å²) in [7, 11) is 0. The Kier molecular flexibility index (Phi) is 3.49. The van der Waals surface area contributed by atoms with Crippen molar-refractivity contribution in [3.63, 3.8) is 0 Å². The average molecular weight is 284 g/mol. The van der Waals surface area contributed by atoms with Crippen molar-refractivity contribution in [2.45, 2.75) is 19.9 Å². The number of aliphatic hydroxyl groups excluding tert-OH is 1. The summed E-state index contributed by atoms with van der Waals surface area (Å²) in [5, 5.41) is 27.7. The topological polar surface area (TPSA) is 117 Å². The van der Waals surface area contributed by atoms with Crippen molar-refractivity contribution in [3.05, 3.63) is 16.4 Å². The molecule has 0 spiro atoms. The van der Waals surface area contributed by atoms with E-state index < -0.39 is 24.5 Å². The van der Waals surface area contributed by atoms with Gasteiger partial charge in [-0.2, -0.15) is 0 Å². The molecule has 0 aliphatic heterocycles. The molecular weight excluding hydrogens is 272 g/mol. The molecular formula is C10H12N4O4S. The quantitative estimate of drug-likeness (QED) is 0.702. The van der Waals surface area contributed by atoms with Crippen molar-refractivity contribution < 1.29 is 19.8 Å². The van der Waals surface area contributed by atoms with Gasteiger partial charge >= 0.3 is 5.97 Å². The summed E-state index contributed by atoms with van der Waals surface area (Å²) in [6.45, 7) is 2.82. The average Bonchev–Trinajstić information content (AvgIpc) is 2.87. The van der Waals surface area contributed by atoms with Crippen LogP contribution in [0.1, 0.15) is 21.2 Å². The molecule has 1 atom stereocenters.